The Labute approximate surface area is 194 Å². The molecule has 0 radical (unpaired) electrons. The van der Waals surface area contributed by atoms with Crippen molar-refractivity contribution in [2.45, 2.75) is 108 Å². The van der Waals surface area contributed by atoms with Gasteiger partial charge in [-0.25, -0.2) is 9.78 Å². The zero-order valence-electron chi connectivity index (χ0n) is 19.0. The number of carbonyl (C=O) groups excluding carboxylic acids is 2. The van der Waals surface area contributed by atoms with E-state index in [0.717, 1.165) is 56.4 Å². The molecule has 5 rings (SSSR count). The van der Waals surface area contributed by atoms with E-state index in [4.69, 9.17) is 9.82 Å². The molecule has 0 atom stereocenters. The average molecular weight is 461 g/mol. The molecule has 3 aliphatic carbocycles. The fourth-order valence-electron chi connectivity index (χ4n) is 5.62. The standard InChI is InChI=1S/C24H36N4O3S/c29-23(28(20-10-11-20)19-8-2-1-3-9-19)21-16-32-22(26-21)17-12-14-27(15-13-17)31-24(30)25-18-6-4-5-7-18/h16-20H,1-15H2,(H,25,30). The maximum atomic E-state index is 13.3. The zero-order valence-corrected chi connectivity index (χ0v) is 19.8. The van der Waals surface area contributed by atoms with E-state index in [1.54, 1.807) is 16.4 Å². The summed E-state index contributed by atoms with van der Waals surface area (Å²) in [4.78, 5) is 38.0. The van der Waals surface area contributed by atoms with Crippen molar-refractivity contribution in [3.63, 3.8) is 0 Å². The minimum Gasteiger partial charge on any atom is -0.351 e. The number of carbonyl (C=O) groups is 2. The second-order valence-corrected chi connectivity index (χ2v) is 10.9. The van der Waals surface area contributed by atoms with Crippen LogP contribution in [-0.4, -0.2) is 58.2 Å². The van der Waals surface area contributed by atoms with Gasteiger partial charge in [0, 0.05) is 42.5 Å². The Morgan fingerprint density at radius 3 is 2.28 bits per heavy atom. The van der Waals surface area contributed by atoms with E-state index in [2.05, 4.69) is 10.2 Å². The maximum absolute atomic E-state index is 13.3. The first-order chi connectivity index (χ1) is 15.7. The van der Waals surface area contributed by atoms with E-state index >= 15 is 0 Å². The van der Waals surface area contributed by atoms with Crippen LogP contribution < -0.4 is 5.32 Å². The van der Waals surface area contributed by atoms with Gasteiger partial charge in [0.25, 0.3) is 5.91 Å². The van der Waals surface area contributed by atoms with Crippen LogP contribution in [0, 0.1) is 0 Å². The fraction of sp³-hybridized carbons (Fsp3) is 0.792. The predicted octanol–water partition coefficient (Wildman–Crippen LogP) is 4.84. The van der Waals surface area contributed by atoms with Crippen LogP contribution in [0.2, 0.25) is 0 Å². The van der Waals surface area contributed by atoms with Crippen molar-refractivity contribution in [2.75, 3.05) is 13.1 Å². The van der Waals surface area contributed by atoms with Crippen LogP contribution in [0.25, 0.3) is 0 Å². The number of hydroxylamine groups is 2. The van der Waals surface area contributed by atoms with Crippen molar-refractivity contribution in [1.82, 2.24) is 20.3 Å². The zero-order chi connectivity index (χ0) is 21.9. The van der Waals surface area contributed by atoms with E-state index in [-0.39, 0.29) is 18.0 Å². The molecule has 1 aromatic rings. The predicted molar refractivity (Wildman–Crippen MR) is 124 cm³/mol. The van der Waals surface area contributed by atoms with Gasteiger partial charge in [-0.2, -0.15) is 0 Å². The lowest BCUT2D eigenvalue weighted by molar-refractivity contribution is -0.114. The Kier molecular flexibility index (Phi) is 6.97. The first-order valence-electron chi connectivity index (χ1n) is 12.7. The number of hydrogen-bond donors (Lipinski definition) is 1. The lowest BCUT2D eigenvalue weighted by Gasteiger charge is -2.34. The summed E-state index contributed by atoms with van der Waals surface area (Å²) in [5, 5.41) is 7.78. The third-order valence-electron chi connectivity index (χ3n) is 7.58. The van der Waals surface area contributed by atoms with Gasteiger partial charge in [0.1, 0.15) is 5.69 Å². The molecule has 7 nitrogen and oxygen atoms in total. The van der Waals surface area contributed by atoms with Crippen molar-refractivity contribution in [2.24, 2.45) is 0 Å². The van der Waals surface area contributed by atoms with Crippen LogP contribution in [0.3, 0.4) is 0 Å². The first-order valence-corrected chi connectivity index (χ1v) is 13.6. The molecule has 2 amide bonds. The molecule has 0 bridgehead atoms. The van der Waals surface area contributed by atoms with Crippen LogP contribution in [-0.2, 0) is 4.84 Å². The van der Waals surface area contributed by atoms with Gasteiger partial charge in [-0.3, -0.25) is 4.79 Å². The minimum atomic E-state index is -0.319. The Morgan fingerprint density at radius 1 is 0.938 bits per heavy atom. The number of rotatable bonds is 6. The molecule has 1 aromatic heterocycles. The highest BCUT2D eigenvalue weighted by Crippen LogP contribution is 2.36. The van der Waals surface area contributed by atoms with Gasteiger partial charge in [0.15, 0.2) is 0 Å². The molecule has 3 saturated carbocycles. The highest BCUT2D eigenvalue weighted by molar-refractivity contribution is 7.09. The molecule has 0 spiro atoms. The molecule has 176 valence electrons. The summed E-state index contributed by atoms with van der Waals surface area (Å²) in [6.07, 6.45) is 14.3. The summed E-state index contributed by atoms with van der Waals surface area (Å²) in [7, 11) is 0. The molecule has 32 heavy (non-hydrogen) atoms. The van der Waals surface area contributed by atoms with Crippen molar-refractivity contribution in [3.05, 3.63) is 16.1 Å². The Bertz CT molecular complexity index is 791. The number of amides is 2. The lowest BCUT2D eigenvalue weighted by atomic mass is 9.94. The molecule has 4 fully saturated rings. The van der Waals surface area contributed by atoms with Crippen LogP contribution in [0.15, 0.2) is 5.38 Å². The van der Waals surface area contributed by atoms with Crippen molar-refractivity contribution >= 4 is 23.3 Å². The number of thiazole rings is 1. The topological polar surface area (TPSA) is 74.8 Å². The Balaban J connectivity index is 1.13. The molecule has 0 unspecified atom stereocenters. The summed E-state index contributed by atoms with van der Waals surface area (Å²) in [6.45, 7) is 1.42. The molecule has 4 aliphatic rings. The largest absolute Gasteiger partial charge is 0.426 e. The fourth-order valence-corrected chi connectivity index (χ4v) is 6.59. The van der Waals surface area contributed by atoms with Crippen molar-refractivity contribution in [3.8, 4) is 0 Å². The lowest BCUT2D eigenvalue weighted by Crippen LogP contribution is -2.43. The van der Waals surface area contributed by atoms with E-state index in [9.17, 15) is 9.59 Å². The van der Waals surface area contributed by atoms with Gasteiger partial charge in [-0.05, 0) is 51.4 Å². The highest BCUT2D eigenvalue weighted by atomic mass is 32.1. The third kappa shape index (κ3) is 5.28. The SMILES string of the molecule is O=C(NC1CCCC1)ON1CCC(c2nc(C(=O)N(C3CCCCC3)C3CC3)cs2)CC1. The summed E-state index contributed by atoms with van der Waals surface area (Å²) in [5.41, 5.74) is 0.636. The van der Waals surface area contributed by atoms with Crippen LogP contribution in [0.4, 0.5) is 4.79 Å². The summed E-state index contributed by atoms with van der Waals surface area (Å²) >= 11 is 1.62. The summed E-state index contributed by atoms with van der Waals surface area (Å²) in [5.74, 6) is 0.481. The number of piperidine rings is 1. The normalized spacial score (nSPS) is 23.9. The van der Waals surface area contributed by atoms with Gasteiger partial charge in [0.05, 0.1) is 5.01 Å². The number of hydrogen-bond acceptors (Lipinski definition) is 6. The third-order valence-corrected chi connectivity index (χ3v) is 8.58. The van der Waals surface area contributed by atoms with E-state index in [1.807, 2.05) is 5.38 Å². The smallest absolute Gasteiger partial charge is 0.351 e. The quantitative estimate of drug-likeness (QED) is 0.657. The van der Waals surface area contributed by atoms with Crippen LogP contribution in [0.5, 0.6) is 0 Å². The number of nitrogens with one attached hydrogen (secondary N) is 1. The summed E-state index contributed by atoms with van der Waals surface area (Å²) < 4.78 is 0. The summed E-state index contributed by atoms with van der Waals surface area (Å²) in [6, 6.07) is 1.12. The Morgan fingerprint density at radius 2 is 1.59 bits per heavy atom. The van der Waals surface area contributed by atoms with Crippen LogP contribution in [0.1, 0.15) is 105 Å². The maximum Gasteiger partial charge on any atom is 0.426 e. The monoisotopic (exact) mass is 460 g/mol. The second kappa shape index (κ2) is 10.1. The molecule has 8 heteroatoms. The average Bonchev–Trinajstić information content (AvgIpc) is 3.29. The second-order valence-electron chi connectivity index (χ2n) is 10.0. The van der Waals surface area contributed by atoms with Gasteiger partial charge >= 0.3 is 6.09 Å². The Hall–Kier alpha value is -1.67. The van der Waals surface area contributed by atoms with Gasteiger partial charge in [0.2, 0.25) is 0 Å². The molecule has 0 aromatic carbocycles. The van der Waals surface area contributed by atoms with Crippen LogP contribution >= 0.6 is 11.3 Å². The highest BCUT2D eigenvalue weighted by Gasteiger charge is 2.39. The number of aromatic nitrogens is 1. The van der Waals surface area contributed by atoms with Gasteiger partial charge < -0.3 is 15.1 Å². The molecule has 1 N–H and O–H groups in total. The molecule has 1 saturated heterocycles. The van der Waals surface area contributed by atoms with E-state index < -0.39 is 0 Å². The molecule has 2 heterocycles. The van der Waals surface area contributed by atoms with Gasteiger partial charge in [-0.1, -0.05) is 32.1 Å². The molecular formula is C24H36N4O3S. The van der Waals surface area contributed by atoms with E-state index in [0.29, 0.717) is 36.8 Å². The molecule has 1 aliphatic heterocycles. The molecular weight excluding hydrogens is 424 g/mol. The van der Waals surface area contributed by atoms with E-state index in [1.165, 1.54) is 32.1 Å². The van der Waals surface area contributed by atoms with Crippen molar-refractivity contribution in [1.29, 1.82) is 0 Å². The van der Waals surface area contributed by atoms with Crippen molar-refractivity contribution < 1.29 is 14.4 Å². The van der Waals surface area contributed by atoms with Gasteiger partial charge in [-0.15, -0.1) is 16.4 Å². The number of nitrogens with zero attached hydrogens (tertiary/aromatic N) is 3. The minimum absolute atomic E-state index is 0.145. The first kappa shape index (κ1) is 22.1.